The van der Waals surface area contributed by atoms with Crippen LogP contribution in [0.2, 0.25) is 0 Å². The van der Waals surface area contributed by atoms with Crippen molar-refractivity contribution in [2.75, 3.05) is 19.7 Å². The first-order chi connectivity index (χ1) is 5.36. The number of rotatable bonds is 0. The monoisotopic (exact) mass is 156 g/mol. The van der Waals surface area contributed by atoms with Gasteiger partial charge in [-0.2, -0.15) is 0 Å². The van der Waals surface area contributed by atoms with Gasteiger partial charge in [0.2, 0.25) is 0 Å². The van der Waals surface area contributed by atoms with Crippen molar-refractivity contribution in [3.8, 4) is 0 Å². The van der Waals surface area contributed by atoms with E-state index in [4.69, 9.17) is 10.5 Å². The second-order valence-electron chi connectivity index (χ2n) is 3.51. The molecule has 0 radical (unpaired) electrons. The minimum Gasteiger partial charge on any atom is -0.363 e. The lowest BCUT2D eigenvalue weighted by Gasteiger charge is -2.21. The maximum Gasteiger partial charge on any atom is 0.110 e. The van der Waals surface area contributed by atoms with Gasteiger partial charge >= 0.3 is 0 Å². The van der Waals surface area contributed by atoms with Crippen LogP contribution in [0.25, 0.3) is 0 Å². The maximum atomic E-state index is 5.87. The lowest BCUT2D eigenvalue weighted by atomic mass is 10.2. The van der Waals surface area contributed by atoms with E-state index in [0.717, 1.165) is 19.6 Å². The molecule has 2 atom stereocenters. The number of hydrogen-bond acceptors (Lipinski definition) is 3. The van der Waals surface area contributed by atoms with Gasteiger partial charge in [0.1, 0.15) is 6.23 Å². The van der Waals surface area contributed by atoms with E-state index in [1.54, 1.807) is 0 Å². The molecule has 0 amide bonds. The quantitative estimate of drug-likeness (QED) is 0.543. The molecule has 11 heavy (non-hydrogen) atoms. The molecule has 0 spiro atoms. The summed E-state index contributed by atoms with van der Waals surface area (Å²) in [6, 6.07) is 0.332. The first kappa shape index (κ1) is 7.53. The predicted octanol–water partition coefficient (Wildman–Crippen LogP) is 0.156. The third kappa shape index (κ3) is 1.55. The normalized spacial score (nSPS) is 40.1. The van der Waals surface area contributed by atoms with Gasteiger partial charge in [0.25, 0.3) is 0 Å². The van der Waals surface area contributed by atoms with Gasteiger partial charge in [-0.25, -0.2) is 0 Å². The number of fused-ring (bicyclic) bond motifs is 1. The molecule has 3 heteroatoms. The van der Waals surface area contributed by atoms with E-state index in [2.05, 4.69) is 4.90 Å². The maximum absolute atomic E-state index is 5.87. The SMILES string of the molecule is N[C@H]1CCO[C@H]2CCCN2C1. The molecular formula is C8H16N2O. The van der Waals surface area contributed by atoms with Crippen LogP contribution in [0.1, 0.15) is 19.3 Å². The highest BCUT2D eigenvalue weighted by Gasteiger charge is 2.28. The van der Waals surface area contributed by atoms with Gasteiger partial charge in [-0.15, -0.1) is 0 Å². The molecule has 0 unspecified atom stereocenters. The van der Waals surface area contributed by atoms with Crippen LogP contribution in [0.15, 0.2) is 0 Å². The van der Waals surface area contributed by atoms with Crippen LogP contribution in [-0.4, -0.2) is 36.9 Å². The van der Waals surface area contributed by atoms with E-state index in [1.807, 2.05) is 0 Å². The molecule has 2 rings (SSSR count). The average molecular weight is 156 g/mol. The zero-order chi connectivity index (χ0) is 7.68. The van der Waals surface area contributed by atoms with E-state index in [-0.39, 0.29) is 0 Å². The summed E-state index contributed by atoms with van der Waals surface area (Å²) in [4.78, 5) is 2.37. The van der Waals surface area contributed by atoms with Gasteiger partial charge in [0.15, 0.2) is 0 Å². The minimum atomic E-state index is 0.332. The number of ether oxygens (including phenoxy) is 1. The highest BCUT2D eigenvalue weighted by molar-refractivity contribution is 4.79. The van der Waals surface area contributed by atoms with Crippen molar-refractivity contribution >= 4 is 0 Å². The van der Waals surface area contributed by atoms with Crippen molar-refractivity contribution in [3.05, 3.63) is 0 Å². The molecule has 0 saturated carbocycles. The molecule has 2 heterocycles. The van der Waals surface area contributed by atoms with Crippen molar-refractivity contribution in [1.29, 1.82) is 0 Å². The second kappa shape index (κ2) is 3.09. The summed E-state index contributed by atoms with van der Waals surface area (Å²) in [6.45, 7) is 3.06. The summed E-state index contributed by atoms with van der Waals surface area (Å²) in [5, 5.41) is 0. The van der Waals surface area contributed by atoms with E-state index in [9.17, 15) is 0 Å². The third-order valence-electron chi connectivity index (χ3n) is 2.57. The fourth-order valence-corrected chi connectivity index (χ4v) is 1.94. The molecule has 0 aromatic heterocycles. The Bertz CT molecular complexity index is 140. The molecule has 0 aliphatic carbocycles. The fourth-order valence-electron chi connectivity index (χ4n) is 1.94. The van der Waals surface area contributed by atoms with E-state index in [0.29, 0.717) is 12.3 Å². The topological polar surface area (TPSA) is 38.5 Å². The Morgan fingerprint density at radius 1 is 1.36 bits per heavy atom. The van der Waals surface area contributed by atoms with Crippen LogP contribution in [0.4, 0.5) is 0 Å². The number of hydrogen-bond donors (Lipinski definition) is 1. The zero-order valence-electron chi connectivity index (χ0n) is 6.83. The van der Waals surface area contributed by atoms with Gasteiger partial charge in [-0.1, -0.05) is 0 Å². The Labute approximate surface area is 67.5 Å². The van der Waals surface area contributed by atoms with Crippen molar-refractivity contribution in [2.45, 2.75) is 31.5 Å². The molecule has 2 fully saturated rings. The van der Waals surface area contributed by atoms with Crippen LogP contribution in [-0.2, 0) is 4.74 Å². The molecule has 0 bridgehead atoms. The summed E-state index contributed by atoms with van der Waals surface area (Å²) >= 11 is 0. The molecule has 2 saturated heterocycles. The summed E-state index contributed by atoms with van der Waals surface area (Å²) < 4.78 is 5.64. The Balaban J connectivity index is 1.98. The molecule has 2 aliphatic rings. The fraction of sp³-hybridized carbons (Fsp3) is 1.00. The van der Waals surface area contributed by atoms with Crippen molar-refractivity contribution < 1.29 is 4.74 Å². The van der Waals surface area contributed by atoms with E-state index in [1.165, 1.54) is 19.4 Å². The van der Waals surface area contributed by atoms with Crippen LogP contribution in [0.5, 0.6) is 0 Å². The van der Waals surface area contributed by atoms with E-state index < -0.39 is 0 Å². The Morgan fingerprint density at radius 2 is 2.27 bits per heavy atom. The summed E-state index contributed by atoms with van der Waals surface area (Å²) in [6.07, 6.45) is 3.89. The van der Waals surface area contributed by atoms with Gasteiger partial charge < -0.3 is 10.5 Å². The predicted molar refractivity (Wildman–Crippen MR) is 43.1 cm³/mol. The first-order valence-electron chi connectivity index (χ1n) is 4.47. The Kier molecular flexibility index (Phi) is 2.11. The molecule has 2 N–H and O–H groups in total. The van der Waals surface area contributed by atoms with Gasteiger partial charge in [0, 0.05) is 19.1 Å². The molecule has 64 valence electrons. The van der Waals surface area contributed by atoms with Gasteiger partial charge in [0.05, 0.1) is 6.61 Å². The van der Waals surface area contributed by atoms with Crippen LogP contribution >= 0.6 is 0 Å². The van der Waals surface area contributed by atoms with Crippen LogP contribution in [0, 0.1) is 0 Å². The Hall–Kier alpha value is -0.120. The minimum absolute atomic E-state index is 0.332. The number of nitrogens with two attached hydrogens (primary N) is 1. The van der Waals surface area contributed by atoms with Crippen molar-refractivity contribution in [2.24, 2.45) is 5.73 Å². The van der Waals surface area contributed by atoms with E-state index >= 15 is 0 Å². The van der Waals surface area contributed by atoms with Crippen LogP contribution in [0.3, 0.4) is 0 Å². The average Bonchev–Trinajstić information content (AvgIpc) is 2.31. The largest absolute Gasteiger partial charge is 0.363 e. The first-order valence-corrected chi connectivity index (χ1v) is 4.47. The summed E-state index contributed by atoms with van der Waals surface area (Å²) in [7, 11) is 0. The molecule has 0 aromatic carbocycles. The highest BCUT2D eigenvalue weighted by atomic mass is 16.5. The van der Waals surface area contributed by atoms with Gasteiger partial charge in [-0.3, -0.25) is 4.90 Å². The molecule has 2 aliphatic heterocycles. The third-order valence-corrected chi connectivity index (χ3v) is 2.57. The summed E-state index contributed by atoms with van der Waals surface area (Å²) in [5.41, 5.74) is 5.87. The Morgan fingerprint density at radius 3 is 3.18 bits per heavy atom. The highest BCUT2D eigenvalue weighted by Crippen LogP contribution is 2.20. The van der Waals surface area contributed by atoms with Crippen molar-refractivity contribution in [3.63, 3.8) is 0 Å². The molecule has 0 aromatic rings. The van der Waals surface area contributed by atoms with Crippen LogP contribution < -0.4 is 5.73 Å². The molecule has 3 nitrogen and oxygen atoms in total. The smallest absolute Gasteiger partial charge is 0.110 e. The lowest BCUT2D eigenvalue weighted by Crippen LogP contribution is -2.37. The lowest BCUT2D eigenvalue weighted by molar-refractivity contribution is -0.0175. The molecular weight excluding hydrogens is 140 g/mol. The standard InChI is InChI=1S/C8H16N2O/c9-7-3-5-11-8-2-1-4-10(8)6-7/h7-8H,1-6,9H2/t7-,8-/m0/s1. The zero-order valence-corrected chi connectivity index (χ0v) is 6.83. The summed E-state index contributed by atoms with van der Waals surface area (Å²) in [5.74, 6) is 0. The van der Waals surface area contributed by atoms with Crippen molar-refractivity contribution in [1.82, 2.24) is 4.90 Å². The van der Waals surface area contributed by atoms with Gasteiger partial charge in [-0.05, 0) is 19.3 Å². The number of nitrogens with zero attached hydrogens (tertiary/aromatic N) is 1. The second-order valence-corrected chi connectivity index (χ2v) is 3.51.